The van der Waals surface area contributed by atoms with E-state index in [2.05, 4.69) is 5.32 Å². The van der Waals surface area contributed by atoms with Crippen LogP contribution in [0.25, 0.3) is 0 Å². The van der Waals surface area contributed by atoms with E-state index in [-0.39, 0.29) is 18.3 Å². The van der Waals surface area contributed by atoms with Crippen molar-refractivity contribution in [1.82, 2.24) is 0 Å². The molecule has 1 heterocycles. The fraction of sp³-hybridized carbons (Fsp3) is 0.200. The molecule has 0 fully saturated rings. The molecule has 2 rings (SSSR count). The summed E-state index contributed by atoms with van der Waals surface area (Å²) in [4.78, 5) is 22.1. The number of amides is 2. The van der Waals surface area contributed by atoms with Crippen molar-refractivity contribution >= 4 is 17.5 Å². The molecule has 6 nitrogen and oxygen atoms in total. The van der Waals surface area contributed by atoms with Gasteiger partial charge in [-0.1, -0.05) is 0 Å². The summed E-state index contributed by atoms with van der Waals surface area (Å²) in [6, 6.07) is 2.97. The molecular formula is C10H10N2O4. The first-order valence-electron chi connectivity index (χ1n) is 4.59. The number of anilines is 1. The van der Waals surface area contributed by atoms with Crippen molar-refractivity contribution in [3.63, 3.8) is 0 Å². The average molecular weight is 222 g/mol. The van der Waals surface area contributed by atoms with Crippen LogP contribution in [-0.4, -0.2) is 18.6 Å². The molecule has 1 aliphatic heterocycles. The number of ether oxygens (including phenoxy) is 2. The number of nitrogens with two attached hydrogens (primary N) is 1. The van der Waals surface area contributed by atoms with Gasteiger partial charge in [0.2, 0.25) is 12.7 Å². The van der Waals surface area contributed by atoms with Gasteiger partial charge in [-0.25, -0.2) is 0 Å². The van der Waals surface area contributed by atoms with E-state index in [1.54, 1.807) is 0 Å². The van der Waals surface area contributed by atoms with Crippen molar-refractivity contribution in [2.45, 2.75) is 6.92 Å². The minimum Gasteiger partial charge on any atom is -0.454 e. The van der Waals surface area contributed by atoms with Gasteiger partial charge >= 0.3 is 0 Å². The van der Waals surface area contributed by atoms with Crippen LogP contribution in [-0.2, 0) is 4.79 Å². The number of benzene rings is 1. The van der Waals surface area contributed by atoms with Crippen LogP contribution >= 0.6 is 0 Å². The number of hydrogen-bond donors (Lipinski definition) is 2. The largest absolute Gasteiger partial charge is 0.454 e. The van der Waals surface area contributed by atoms with Gasteiger partial charge in [0.25, 0.3) is 5.91 Å². The Morgan fingerprint density at radius 3 is 2.50 bits per heavy atom. The average Bonchev–Trinajstić information content (AvgIpc) is 2.62. The van der Waals surface area contributed by atoms with Crippen molar-refractivity contribution in [3.8, 4) is 11.5 Å². The molecule has 0 spiro atoms. The van der Waals surface area contributed by atoms with E-state index in [4.69, 9.17) is 15.2 Å². The summed E-state index contributed by atoms with van der Waals surface area (Å²) in [7, 11) is 0. The van der Waals surface area contributed by atoms with E-state index < -0.39 is 5.91 Å². The van der Waals surface area contributed by atoms with Crippen LogP contribution in [0, 0.1) is 0 Å². The van der Waals surface area contributed by atoms with Crippen LogP contribution in [0.15, 0.2) is 12.1 Å². The predicted octanol–water partition coefficient (Wildman–Crippen LogP) is 0.473. The summed E-state index contributed by atoms with van der Waals surface area (Å²) in [5.74, 6) is 0.0000624. The maximum absolute atomic E-state index is 11.2. The Labute approximate surface area is 91.3 Å². The standard InChI is InChI=1S/C10H10N2O4/c1-5(13)12-7-3-9-8(15-4-16-9)2-6(7)10(11)14/h2-3H,4H2,1H3,(H2,11,14)(H,12,13). The fourth-order valence-electron chi connectivity index (χ4n) is 1.44. The van der Waals surface area contributed by atoms with E-state index in [9.17, 15) is 9.59 Å². The molecule has 84 valence electrons. The zero-order valence-corrected chi connectivity index (χ0v) is 8.57. The Bertz CT molecular complexity index is 470. The first-order chi connectivity index (χ1) is 7.58. The van der Waals surface area contributed by atoms with E-state index in [0.717, 1.165) is 0 Å². The van der Waals surface area contributed by atoms with Gasteiger partial charge < -0.3 is 20.5 Å². The lowest BCUT2D eigenvalue weighted by molar-refractivity contribution is -0.114. The number of carbonyl (C=O) groups excluding carboxylic acids is 2. The lowest BCUT2D eigenvalue weighted by atomic mass is 10.1. The van der Waals surface area contributed by atoms with Crippen LogP contribution in [0.4, 0.5) is 5.69 Å². The highest BCUT2D eigenvalue weighted by molar-refractivity contribution is 6.03. The van der Waals surface area contributed by atoms with E-state index in [1.165, 1.54) is 19.1 Å². The van der Waals surface area contributed by atoms with E-state index in [1.807, 2.05) is 0 Å². The van der Waals surface area contributed by atoms with Crippen LogP contribution in [0.2, 0.25) is 0 Å². The summed E-state index contributed by atoms with van der Waals surface area (Å²) >= 11 is 0. The highest BCUT2D eigenvalue weighted by Gasteiger charge is 2.19. The van der Waals surface area contributed by atoms with Gasteiger partial charge in [-0.15, -0.1) is 0 Å². The quantitative estimate of drug-likeness (QED) is 0.761. The Kier molecular flexibility index (Phi) is 2.40. The molecule has 0 aromatic heterocycles. The molecule has 6 heteroatoms. The molecule has 16 heavy (non-hydrogen) atoms. The highest BCUT2D eigenvalue weighted by Crippen LogP contribution is 2.36. The van der Waals surface area contributed by atoms with Gasteiger partial charge in [0.1, 0.15) is 0 Å². The second-order valence-electron chi connectivity index (χ2n) is 3.30. The molecule has 1 aliphatic rings. The molecule has 0 saturated heterocycles. The van der Waals surface area contributed by atoms with Gasteiger partial charge in [-0.3, -0.25) is 9.59 Å². The molecule has 0 bridgehead atoms. The number of carbonyl (C=O) groups is 2. The van der Waals surface area contributed by atoms with Gasteiger partial charge in [0.05, 0.1) is 11.3 Å². The number of fused-ring (bicyclic) bond motifs is 1. The fourth-order valence-corrected chi connectivity index (χ4v) is 1.44. The van der Waals surface area contributed by atoms with Gasteiger partial charge in [-0.2, -0.15) is 0 Å². The van der Waals surface area contributed by atoms with Crippen molar-refractivity contribution < 1.29 is 19.1 Å². The third kappa shape index (κ3) is 1.77. The molecular weight excluding hydrogens is 212 g/mol. The van der Waals surface area contributed by atoms with Crippen molar-refractivity contribution in [2.75, 3.05) is 12.1 Å². The molecule has 1 aromatic rings. The molecule has 0 aliphatic carbocycles. The summed E-state index contributed by atoms with van der Waals surface area (Å²) in [6.07, 6.45) is 0. The van der Waals surface area contributed by atoms with E-state index in [0.29, 0.717) is 17.2 Å². The summed E-state index contributed by atoms with van der Waals surface area (Å²) in [6.45, 7) is 1.44. The van der Waals surface area contributed by atoms with Gasteiger partial charge in [0, 0.05) is 13.0 Å². The zero-order chi connectivity index (χ0) is 11.7. The molecule has 0 saturated carbocycles. The van der Waals surface area contributed by atoms with Gasteiger partial charge in [-0.05, 0) is 6.07 Å². The van der Waals surface area contributed by atoms with Crippen molar-refractivity contribution in [2.24, 2.45) is 5.73 Å². The molecule has 3 N–H and O–H groups in total. The molecule has 1 aromatic carbocycles. The second kappa shape index (κ2) is 3.73. The Hall–Kier alpha value is -2.24. The molecule has 0 radical (unpaired) electrons. The second-order valence-corrected chi connectivity index (χ2v) is 3.30. The maximum Gasteiger partial charge on any atom is 0.250 e. The summed E-state index contributed by atoms with van der Waals surface area (Å²) in [5.41, 5.74) is 5.72. The highest BCUT2D eigenvalue weighted by atomic mass is 16.7. The normalized spacial score (nSPS) is 12.3. The molecule has 2 amide bonds. The third-order valence-electron chi connectivity index (χ3n) is 2.09. The topological polar surface area (TPSA) is 90.7 Å². The maximum atomic E-state index is 11.2. The number of nitrogens with one attached hydrogen (secondary N) is 1. The number of rotatable bonds is 2. The Morgan fingerprint density at radius 2 is 1.94 bits per heavy atom. The van der Waals surface area contributed by atoms with Crippen molar-refractivity contribution in [3.05, 3.63) is 17.7 Å². The number of primary amides is 1. The summed E-state index contributed by atoms with van der Waals surface area (Å²) < 4.78 is 10.2. The lowest BCUT2D eigenvalue weighted by Crippen LogP contribution is -2.16. The SMILES string of the molecule is CC(=O)Nc1cc2c(cc1C(N)=O)OCO2. The lowest BCUT2D eigenvalue weighted by Gasteiger charge is -2.08. The minimum absolute atomic E-state index is 0.0943. The van der Waals surface area contributed by atoms with Crippen LogP contribution in [0.1, 0.15) is 17.3 Å². The zero-order valence-electron chi connectivity index (χ0n) is 8.57. The van der Waals surface area contributed by atoms with Crippen molar-refractivity contribution in [1.29, 1.82) is 0 Å². The van der Waals surface area contributed by atoms with Gasteiger partial charge in [0.15, 0.2) is 11.5 Å². The van der Waals surface area contributed by atoms with Crippen LogP contribution < -0.4 is 20.5 Å². The predicted molar refractivity (Wildman–Crippen MR) is 55.4 cm³/mol. The Balaban J connectivity index is 2.48. The van der Waals surface area contributed by atoms with Crippen LogP contribution in [0.3, 0.4) is 0 Å². The Morgan fingerprint density at radius 1 is 1.31 bits per heavy atom. The number of hydrogen-bond acceptors (Lipinski definition) is 4. The third-order valence-corrected chi connectivity index (χ3v) is 2.09. The summed E-state index contributed by atoms with van der Waals surface area (Å²) in [5, 5.41) is 2.51. The van der Waals surface area contributed by atoms with Crippen LogP contribution in [0.5, 0.6) is 11.5 Å². The monoisotopic (exact) mass is 222 g/mol. The minimum atomic E-state index is -0.637. The van der Waals surface area contributed by atoms with E-state index >= 15 is 0 Å². The first kappa shape index (κ1) is 10.3. The first-order valence-corrected chi connectivity index (χ1v) is 4.59. The smallest absolute Gasteiger partial charge is 0.250 e. The molecule has 0 atom stereocenters. The molecule has 0 unspecified atom stereocenters.